The van der Waals surface area contributed by atoms with Crippen molar-refractivity contribution in [3.8, 4) is 0 Å². The molecule has 2 aliphatic heterocycles. The summed E-state index contributed by atoms with van der Waals surface area (Å²) in [4.78, 5) is 30.2. The number of likely N-dealkylation sites (N-methyl/N-ethyl adjacent to an activating group) is 1. The van der Waals surface area contributed by atoms with Crippen LogP contribution in [0.2, 0.25) is 10.0 Å². The first-order valence-electron chi connectivity index (χ1n) is 13.5. The predicted molar refractivity (Wildman–Crippen MR) is 156 cm³/mol. The molecule has 7 nitrogen and oxygen atoms in total. The molecule has 0 unspecified atom stereocenters. The maximum atomic E-state index is 15.9. The summed E-state index contributed by atoms with van der Waals surface area (Å²) in [6, 6.07) is 8.85. The summed E-state index contributed by atoms with van der Waals surface area (Å²) in [5.41, 5.74) is 0.0832. The molecule has 2 aromatic rings. The Kier molecular flexibility index (Phi) is 9.60. The van der Waals surface area contributed by atoms with E-state index in [0.717, 1.165) is 0 Å². The number of benzene rings is 2. The van der Waals surface area contributed by atoms with Gasteiger partial charge in [-0.3, -0.25) is 14.5 Å². The average molecular weight is 595 g/mol. The van der Waals surface area contributed by atoms with E-state index in [0.29, 0.717) is 49.1 Å². The summed E-state index contributed by atoms with van der Waals surface area (Å²) in [6.45, 7) is 8.15. The lowest BCUT2D eigenvalue weighted by atomic mass is 9.62. The lowest BCUT2D eigenvalue weighted by molar-refractivity contribution is -0.123. The molecule has 0 saturated carbocycles. The number of fused-ring (bicyclic) bond motifs is 2. The van der Waals surface area contributed by atoms with E-state index in [2.05, 4.69) is 31.4 Å². The molecule has 4 atom stereocenters. The zero-order valence-electron chi connectivity index (χ0n) is 23.7. The number of hydrogen-bond donors (Lipinski definition) is 2. The fourth-order valence-electron chi connectivity index (χ4n) is 6.35. The third-order valence-electron chi connectivity index (χ3n) is 7.92. The number of ether oxygens (including phenoxy) is 2. The number of nitrogens with one attached hydrogen (secondary N) is 2. The Balaban J connectivity index is 1.82. The molecule has 1 saturated heterocycles. The number of Topliss-reactive ketones (excluding diaryl/α,β-unsaturated/α-hetero) is 1. The van der Waals surface area contributed by atoms with Crippen LogP contribution in [0.5, 0.6) is 0 Å². The van der Waals surface area contributed by atoms with Gasteiger partial charge in [0.15, 0.2) is 5.78 Å². The van der Waals surface area contributed by atoms with Crippen molar-refractivity contribution in [2.24, 2.45) is 5.41 Å². The smallest absolute Gasteiger partial charge is 0.237 e. The Morgan fingerprint density at radius 3 is 2.62 bits per heavy atom. The monoisotopic (exact) mass is 593 g/mol. The Labute approximate surface area is 245 Å². The molecule has 40 heavy (non-hydrogen) atoms. The van der Waals surface area contributed by atoms with Crippen LogP contribution in [0.4, 0.5) is 10.1 Å². The highest BCUT2D eigenvalue weighted by atomic mass is 35.5. The third kappa shape index (κ3) is 5.80. The second-order valence-corrected chi connectivity index (χ2v) is 12.6. The first kappa shape index (κ1) is 30.9. The van der Waals surface area contributed by atoms with Crippen molar-refractivity contribution in [1.29, 1.82) is 0 Å². The second-order valence-electron chi connectivity index (χ2n) is 11.8. The van der Waals surface area contributed by atoms with Crippen LogP contribution in [-0.2, 0) is 24.5 Å². The first-order valence-corrected chi connectivity index (χ1v) is 14.3. The molecule has 10 heteroatoms. The van der Waals surface area contributed by atoms with Crippen LogP contribution in [0, 0.1) is 11.2 Å². The Morgan fingerprint density at radius 2 is 1.93 bits per heavy atom. The number of carbonyl (C=O) groups is 2. The van der Waals surface area contributed by atoms with Crippen LogP contribution < -0.4 is 10.6 Å². The lowest BCUT2D eigenvalue weighted by Gasteiger charge is -2.39. The fourth-order valence-corrected chi connectivity index (χ4v) is 6.71. The van der Waals surface area contributed by atoms with Crippen molar-refractivity contribution in [3.63, 3.8) is 0 Å². The van der Waals surface area contributed by atoms with Crippen molar-refractivity contribution in [2.75, 3.05) is 52.4 Å². The molecule has 2 aliphatic rings. The van der Waals surface area contributed by atoms with Gasteiger partial charge in [-0.05, 0) is 48.2 Å². The number of methoxy groups -OCH3 is 1. The quantitative estimate of drug-likeness (QED) is 0.355. The van der Waals surface area contributed by atoms with Gasteiger partial charge >= 0.3 is 0 Å². The highest BCUT2D eigenvalue weighted by Crippen LogP contribution is 2.60. The number of hydrogen-bond acceptors (Lipinski definition) is 6. The summed E-state index contributed by atoms with van der Waals surface area (Å²) in [6.07, 6.45) is 0.586. The predicted octanol–water partition coefficient (Wildman–Crippen LogP) is 5.05. The number of anilines is 1. The topological polar surface area (TPSA) is 79.9 Å². The van der Waals surface area contributed by atoms with Gasteiger partial charge in [0, 0.05) is 36.3 Å². The number of rotatable bonds is 11. The van der Waals surface area contributed by atoms with Gasteiger partial charge in [-0.2, -0.15) is 0 Å². The summed E-state index contributed by atoms with van der Waals surface area (Å²) < 4.78 is 26.4. The third-order valence-corrected chi connectivity index (χ3v) is 8.45. The molecule has 0 aromatic heterocycles. The lowest BCUT2D eigenvalue weighted by Crippen LogP contribution is -2.50. The van der Waals surface area contributed by atoms with Crippen LogP contribution in [0.15, 0.2) is 36.4 Å². The van der Waals surface area contributed by atoms with Crippen molar-refractivity contribution >= 4 is 40.6 Å². The van der Waals surface area contributed by atoms with Crippen LogP contribution in [0.3, 0.4) is 0 Å². The van der Waals surface area contributed by atoms with E-state index in [-0.39, 0.29) is 34.2 Å². The molecule has 2 aromatic carbocycles. The van der Waals surface area contributed by atoms with E-state index in [9.17, 15) is 9.59 Å². The average Bonchev–Trinajstić information content (AvgIpc) is 3.30. The van der Waals surface area contributed by atoms with Gasteiger partial charge in [-0.15, -0.1) is 0 Å². The molecule has 1 fully saturated rings. The summed E-state index contributed by atoms with van der Waals surface area (Å²) in [7, 11) is 3.47. The van der Waals surface area contributed by atoms with E-state index < -0.39 is 29.2 Å². The molecule has 0 bridgehead atoms. The normalized spacial score (nSPS) is 24.5. The van der Waals surface area contributed by atoms with Gasteiger partial charge in [-0.25, -0.2) is 4.39 Å². The van der Waals surface area contributed by atoms with E-state index in [1.54, 1.807) is 31.4 Å². The van der Waals surface area contributed by atoms with E-state index in [4.69, 9.17) is 32.7 Å². The van der Waals surface area contributed by atoms with Crippen molar-refractivity contribution in [2.45, 2.75) is 50.6 Å². The van der Waals surface area contributed by atoms with Crippen LogP contribution >= 0.6 is 23.2 Å². The summed E-state index contributed by atoms with van der Waals surface area (Å²) in [5, 5.41) is 6.60. The van der Waals surface area contributed by atoms with Gasteiger partial charge in [0.25, 0.3) is 0 Å². The number of nitrogens with zero attached hydrogens (tertiary/aromatic N) is 1. The van der Waals surface area contributed by atoms with Gasteiger partial charge in [-0.1, -0.05) is 62.2 Å². The Bertz CT molecular complexity index is 1250. The maximum Gasteiger partial charge on any atom is 0.237 e. The largest absolute Gasteiger partial charge is 0.382 e. The molecule has 0 radical (unpaired) electrons. The first-order chi connectivity index (χ1) is 18.9. The van der Waals surface area contributed by atoms with Gasteiger partial charge in [0.2, 0.25) is 5.91 Å². The molecule has 1 amide bonds. The standard InChI is InChI=1S/C30H38Cl2FN3O4/c1-29(2,3)16-24-30(20-10-9-18(31)15-22(20)35-28(30)38)25(19-7-6-8-21(32)26(19)33)27(36(24)4)23(37)17-34-11-12-40-14-13-39-5/h6-10,15,24-25,27,34H,11-14,16-17H2,1-5H3,(H,35,38)/t24-,25+,27+,30+/m1/s1. The van der Waals surface area contributed by atoms with Crippen molar-refractivity contribution in [1.82, 2.24) is 10.2 Å². The van der Waals surface area contributed by atoms with Crippen molar-refractivity contribution < 1.29 is 23.5 Å². The minimum atomic E-state index is -1.25. The fraction of sp³-hybridized carbons (Fsp3) is 0.533. The summed E-state index contributed by atoms with van der Waals surface area (Å²) >= 11 is 12.6. The molecule has 218 valence electrons. The SMILES string of the molecule is COCCOCCNCC(=O)[C@H]1[C@H](c2cccc(Cl)c2F)[C@@]2(C(=O)Nc3cc(Cl)ccc32)[C@@H](CC(C)(C)C)N1C. The molecule has 1 spiro atoms. The number of ketones is 1. The van der Waals surface area contributed by atoms with Gasteiger partial charge in [0.1, 0.15) is 11.2 Å². The summed E-state index contributed by atoms with van der Waals surface area (Å²) in [5.74, 6) is -1.87. The molecule has 2 heterocycles. The number of likely N-dealkylation sites (tertiary alicyclic amines) is 1. The highest BCUT2D eigenvalue weighted by Gasteiger charge is 2.68. The van der Waals surface area contributed by atoms with Crippen molar-refractivity contribution in [3.05, 3.63) is 63.4 Å². The number of halogens is 3. The molecular formula is C30H38Cl2FN3O4. The van der Waals surface area contributed by atoms with E-state index in [1.165, 1.54) is 6.07 Å². The van der Waals surface area contributed by atoms with Crippen LogP contribution in [0.1, 0.15) is 44.2 Å². The highest BCUT2D eigenvalue weighted by molar-refractivity contribution is 6.31. The molecule has 4 rings (SSSR count). The second kappa shape index (κ2) is 12.4. The molecule has 0 aliphatic carbocycles. The minimum absolute atomic E-state index is 0.0364. The van der Waals surface area contributed by atoms with E-state index in [1.807, 2.05) is 18.0 Å². The van der Waals surface area contributed by atoms with Gasteiger partial charge in [0.05, 0.1) is 37.4 Å². The Morgan fingerprint density at radius 1 is 1.18 bits per heavy atom. The van der Waals surface area contributed by atoms with Crippen LogP contribution in [0.25, 0.3) is 0 Å². The molecular weight excluding hydrogens is 556 g/mol. The maximum absolute atomic E-state index is 15.9. The zero-order valence-corrected chi connectivity index (χ0v) is 25.2. The zero-order chi connectivity index (χ0) is 29.2. The number of carbonyl (C=O) groups excluding carboxylic acids is 2. The van der Waals surface area contributed by atoms with Crippen LogP contribution in [-0.4, -0.2) is 75.7 Å². The number of amides is 1. The minimum Gasteiger partial charge on any atom is -0.382 e. The Hall–Kier alpha value is -2.07. The van der Waals surface area contributed by atoms with Gasteiger partial charge < -0.3 is 20.1 Å². The van der Waals surface area contributed by atoms with E-state index >= 15 is 4.39 Å². The molecule has 2 N–H and O–H groups in total.